The van der Waals surface area contributed by atoms with Crippen molar-refractivity contribution in [3.05, 3.63) is 29.4 Å². The van der Waals surface area contributed by atoms with Crippen molar-refractivity contribution in [3.63, 3.8) is 0 Å². The smallest absolute Gasteiger partial charge is 0.228 e. The number of amides is 1. The van der Waals surface area contributed by atoms with Gasteiger partial charge in [0.1, 0.15) is 17.9 Å². The van der Waals surface area contributed by atoms with Gasteiger partial charge < -0.3 is 19.1 Å². The number of nitrogens with zero attached hydrogens (tertiary/aromatic N) is 5. The first-order valence-electron chi connectivity index (χ1n) is 8.90. The highest BCUT2D eigenvalue weighted by Crippen LogP contribution is 2.33. The maximum atomic E-state index is 13.0. The topological polar surface area (TPSA) is 84.6 Å². The molecule has 1 amide bonds. The van der Waals surface area contributed by atoms with Crippen LogP contribution in [0, 0.1) is 19.8 Å². The van der Waals surface area contributed by atoms with E-state index in [0.717, 1.165) is 42.2 Å². The van der Waals surface area contributed by atoms with Gasteiger partial charge in [0, 0.05) is 30.8 Å². The van der Waals surface area contributed by atoms with E-state index in [0.29, 0.717) is 19.0 Å². The van der Waals surface area contributed by atoms with E-state index in [4.69, 9.17) is 9.26 Å². The summed E-state index contributed by atoms with van der Waals surface area (Å²) in [4.78, 5) is 25.7. The van der Waals surface area contributed by atoms with Crippen molar-refractivity contribution in [2.75, 3.05) is 25.1 Å². The quantitative estimate of drug-likeness (QED) is 0.823. The summed E-state index contributed by atoms with van der Waals surface area (Å²) in [5, 5.41) is 4.02. The molecule has 5 rings (SSSR count). The van der Waals surface area contributed by atoms with Crippen LogP contribution in [0.1, 0.15) is 29.9 Å². The summed E-state index contributed by atoms with van der Waals surface area (Å²) in [6.45, 7) is 5.81. The number of ether oxygens (including phenoxy) is 1. The molecule has 0 aliphatic carbocycles. The van der Waals surface area contributed by atoms with E-state index in [-0.39, 0.29) is 17.9 Å². The maximum absolute atomic E-state index is 13.0. The van der Waals surface area contributed by atoms with Crippen molar-refractivity contribution < 1.29 is 14.1 Å². The fourth-order valence-electron chi connectivity index (χ4n) is 3.95. The van der Waals surface area contributed by atoms with Crippen molar-refractivity contribution in [1.29, 1.82) is 0 Å². The van der Waals surface area contributed by atoms with Crippen LogP contribution in [-0.4, -0.2) is 52.2 Å². The summed E-state index contributed by atoms with van der Waals surface area (Å²) in [5.74, 6) is 2.32. The number of piperidine rings is 1. The molecule has 2 aromatic rings. The minimum atomic E-state index is -0.0183. The molecule has 0 radical (unpaired) electrons. The Morgan fingerprint density at radius 1 is 1.27 bits per heavy atom. The van der Waals surface area contributed by atoms with Crippen LogP contribution in [0.2, 0.25) is 0 Å². The zero-order chi connectivity index (χ0) is 18.3. The molecule has 8 nitrogen and oxygen atoms in total. The number of fused-ring (bicyclic) bond motifs is 4. The van der Waals surface area contributed by atoms with Gasteiger partial charge in [0.05, 0.1) is 25.3 Å². The number of carbonyl (C=O) groups is 1. The van der Waals surface area contributed by atoms with Crippen molar-refractivity contribution in [2.45, 2.75) is 39.3 Å². The van der Waals surface area contributed by atoms with Crippen LogP contribution in [0.25, 0.3) is 0 Å². The second-order valence-electron chi connectivity index (χ2n) is 7.02. The van der Waals surface area contributed by atoms with Crippen LogP contribution in [0.4, 0.5) is 5.82 Å². The highest BCUT2D eigenvalue weighted by Gasteiger charge is 2.41. The Hall–Kier alpha value is -2.64. The number of anilines is 1. The number of methoxy groups -OCH3 is 1. The van der Waals surface area contributed by atoms with E-state index in [9.17, 15) is 4.79 Å². The highest BCUT2D eigenvalue weighted by atomic mass is 16.5. The summed E-state index contributed by atoms with van der Waals surface area (Å²) in [5.41, 5.74) is 1.87. The Morgan fingerprint density at radius 3 is 2.85 bits per heavy atom. The third kappa shape index (κ3) is 2.89. The van der Waals surface area contributed by atoms with Gasteiger partial charge in [-0.25, -0.2) is 9.97 Å². The molecule has 138 valence electrons. The molecule has 2 aromatic heterocycles. The third-order valence-electron chi connectivity index (χ3n) is 5.46. The largest absolute Gasteiger partial charge is 0.481 e. The lowest BCUT2D eigenvalue weighted by atomic mass is 9.93. The second-order valence-corrected chi connectivity index (χ2v) is 7.02. The molecule has 0 aromatic carbocycles. The minimum absolute atomic E-state index is 0.0183. The average Bonchev–Trinajstić information content (AvgIpc) is 2.83. The Bertz CT molecular complexity index is 801. The fourth-order valence-corrected chi connectivity index (χ4v) is 3.95. The average molecular weight is 357 g/mol. The molecule has 3 aliphatic heterocycles. The molecule has 2 atom stereocenters. The number of rotatable bonds is 4. The first-order chi connectivity index (χ1) is 12.6. The van der Waals surface area contributed by atoms with E-state index in [1.165, 1.54) is 6.33 Å². The first kappa shape index (κ1) is 16.8. The van der Waals surface area contributed by atoms with Crippen molar-refractivity contribution in [1.82, 2.24) is 20.0 Å². The second kappa shape index (κ2) is 6.59. The zero-order valence-corrected chi connectivity index (χ0v) is 15.3. The monoisotopic (exact) mass is 357 g/mol. The van der Waals surface area contributed by atoms with Crippen LogP contribution in [0.15, 0.2) is 16.9 Å². The fraction of sp³-hybridized carbons (Fsp3) is 0.556. The molecule has 2 bridgehead atoms. The standard InChI is InChI=1S/C18H23N5O3/c1-11-15(12(2)26-21-11)9-23-14-5-4-13(18(23)24)7-22(8-14)16-6-17(25-3)20-10-19-16/h6,10,13-14H,4-5,7-9H2,1-3H3. The van der Waals surface area contributed by atoms with Gasteiger partial charge in [-0.1, -0.05) is 5.16 Å². The Labute approximate surface area is 152 Å². The molecule has 0 N–H and O–H groups in total. The molecule has 2 unspecified atom stereocenters. The van der Waals surface area contributed by atoms with E-state index in [1.807, 2.05) is 24.8 Å². The van der Waals surface area contributed by atoms with Crippen LogP contribution >= 0.6 is 0 Å². The Balaban J connectivity index is 1.60. The summed E-state index contributed by atoms with van der Waals surface area (Å²) in [6, 6.07) is 1.98. The van der Waals surface area contributed by atoms with Gasteiger partial charge in [-0.2, -0.15) is 0 Å². The summed E-state index contributed by atoms with van der Waals surface area (Å²) >= 11 is 0. The number of hydrogen-bond donors (Lipinski definition) is 0. The number of aromatic nitrogens is 3. The Morgan fingerprint density at radius 2 is 2.12 bits per heavy atom. The molecular weight excluding hydrogens is 334 g/mol. The van der Waals surface area contributed by atoms with Gasteiger partial charge in [-0.05, 0) is 26.7 Å². The molecular formula is C18H23N5O3. The van der Waals surface area contributed by atoms with E-state index < -0.39 is 0 Å². The third-order valence-corrected chi connectivity index (χ3v) is 5.46. The zero-order valence-electron chi connectivity index (χ0n) is 15.3. The summed E-state index contributed by atoms with van der Waals surface area (Å²) in [6.07, 6.45) is 3.42. The molecule has 3 aliphatic rings. The van der Waals surface area contributed by atoms with Crippen LogP contribution in [-0.2, 0) is 11.3 Å². The van der Waals surface area contributed by atoms with Crippen molar-refractivity contribution in [3.8, 4) is 5.88 Å². The lowest BCUT2D eigenvalue weighted by Crippen LogP contribution is -2.47. The summed E-state index contributed by atoms with van der Waals surface area (Å²) in [7, 11) is 1.59. The van der Waals surface area contributed by atoms with Gasteiger partial charge in [-0.3, -0.25) is 4.79 Å². The molecule has 26 heavy (non-hydrogen) atoms. The van der Waals surface area contributed by atoms with Crippen LogP contribution in [0.3, 0.4) is 0 Å². The van der Waals surface area contributed by atoms with Gasteiger partial charge >= 0.3 is 0 Å². The SMILES string of the molecule is COc1cc(N2CC3CCC(C2)N(Cc2c(C)noc2C)C3=O)ncn1. The molecule has 0 saturated carbocycles. The summed E-state index contributed by atoms with van der Waals surface area (Å²) < 4.78 is 10.5. The number of hydrogen-bond acceptors (Lipinski definition) is 7. The van der Waals surface area contributed by atoms with Crippen molar-refractivity contribution in [2.24, 2.45) is 5.92 Å². The van der Waals surface area contributed by atoms with Gasteiger partial charge in [0.2, 0.25) is 11.8 Å². The van der Waals surface area contributed by atoms with E-state index >= 15 is 0 Å². The normalized spacial score (nSPS) is 22.7. The van der Waals surface area contributed by atoms with Gasteiger partial charge in [-0.15, -0.1) is 0 Å². The highest BCUT2D eigenvalue weighted by molar-refractivity contribution is 5.81. The van der Waals surface area contributed by atoms with Crippen molar-refractivity contribution >= 4 is 11.7 Å². The predicted octanol–water partition coefficient (Wildman–Crippen LogP) is 1.72. The van der Waals surface area contributed by atoms with Crippen LogP contribution < -0.4 is 9.64 Å². The number of carbonyl (C=O) groups excluding carboxylic acids is 1. The predicted molar refractivity (Wildman–Crippen MR) is 93.8 cm³/mol. The molecule has 3 saturated heterocycles. The molecule has 3 fully saturated rings. The van der Waals surface area contributed by atoms with Crippen LogP contribution in [0.5, 0.6) is 5.88 Å². The van der Waals surface area contributed by atoms with Gasteiger partial charge in [0.15, 0.2) is 0 Å². The molecule has 5 heterocycles. The van der Waals surface area contributed by atoms with Gasteiger partial charge in [0.25, 0.3) is 0 Å². The lowest BCUT2D eigenvalue weighted by molar-refractivity contribution is -0.140. The number of aryl methyl sites for hydroxylation is 2. The minimum Gasteiger partial charge on any atom is -0.481 e. The molecule has 0 spiro atoms. The maximum Gasteiger partial charge on any atom is 0.228 e. The Kier molecular flexibility index (Phi) is 4.26. The molecule has 8 heteroatoms. The van der Waals surface area contributed by atoms with E-state index in [2.05, 4.69) is 20.0 Å². The lowest BCUT2D eigenvalue weighted by Gasteiger charge is -2.35. The van der Waals surface area contributed by atoms with E-state index in [1.54, 1.807) is 7.11 Å². The first-order valence-corrected chi connectivity index (χ1v) is 8.90.